The first-order valence-electron chi connectivity index (χ1n) is 7.43. The number of hydrogen-bond acceptors (Lipinski definition) is 2. The van der Waals surface area contributed by atoms with E-state index in [9.17, 15) is 0 Å². The lowest BCUT2D eigenvalue weighted by atomic mass is 9.71. The van der Waals surface area contributed by atoms with E-state index in [-0.39, 0.29) is 0 Å². The van der Waals surface area contributed by atoms with Crippen LogP contribution in [0.1, 0.15) is 47.0 Å². The van der Waals surface area contributed by atoms with E-state index in [1.165, 1.54) is 58.5 Å². The lowest BCUT2D eigenvalue weighted by Gasteiger charge is -2.55. The van der Waals surface area contributed by atoms with Crippen LogP contribution in [0.25, 0.3) is 0 Å². The summed E-state index contributed by atoms with van der Waals surface area (Å²) >= 11 is 0. The molecule has 2 heterocycles. The first-order valence-corrected chi connectivity index (χ1v) is 7.43. The van der Waals surface area contributed by atoms with Gasteiger partial charge in [0, 0.05) is 19.6 Å². The normalized spacial score (nSPS) is 26.1. The van der Waals surface area contributed by atoms with Gasteiger partial charge in [0.05, 0.1) is 0 Å². The molecule has 0 amide bonds. The summed E-state index contributed by atoms with van der Waals surface area (Å²) in [5.41, 5.74) is 1.21. The maximum atomic E-state index is 2.69. The van der Waals surface area contributed by atoms with E-state index in [0.29, 0.717) is 10.8 Å². The molecule has 0 bridgehead atoms. The molecule has 0 aliphatic carbocycles. The Balaban J connectivity index is 1.75. The van der Waals surface area contributed by atoms with Gasteiger partial charge in [-0.2, -0.15) is 0 Å². The number of rotatable bonds is 4. The van der Waals surface area contributed by atoms with Gasteiger partial charge in [-0.15, -0.1) is 0 Å². The molecule has 2 aliphatic heterocycles. The molecule has 0 aromatic carbocycles. The summed E-state index contributed by atoms with van der Waals surface area (Å²) in [5, 5.41) is 0. The van der Waals surface area contributed by atoms with Crippen LogP contribution in [0, 0.1) is 10.8 Å². The molecule has 0 atom stereocenters. The molecule has 100 valence electrons. The molecule has 0 saturated carbocycles. The quantitative estimate of drug-likeness (QED) is 0.743. The van der Waals surface area contributed by atoms with Crippen molar-refractivity contribution >= 4 is 0 Å². The van der Waals surface area contributed by atoms with Gasteiger partial charge < -0.3 is 9.80 Å². The van der Waals surface area contributed by atoms with Crippen molar-refractivity contribution in [3.8, 4) is 0 Å². The molecule has 17 heavy (non-hydrogen) atoms. The highest BCUT2D eigenvalue weighted by atomic mass is 15.2. The Labute approximate surface area is 107 Å². The number of piperidine rings is 1. The van der Waals surface area contributed by atoms with E-state index in [1.807, 2.05) is 0 Å². The minimum Gasteiger partial charge on any atom is -0.304 e. The fourth-order valence-electron chi connectivity index (χ4n) is 3.39. The fourth-order valence-corrected chi connectivity index (χ4v) is 3.39. The molecule has 1 spiro atoms. The maximum Gasteiger partial charge on any atom is 0.00517 e. The zero-order valence-corrected chi connectivity index (χ0v) is 12.3. The van der Waals surface area contributed by atoms with Gasteiger partial charge in [0.15, 0.2) is 0 Å². The van der Waals surface area contributed by atoms with E-state index in [1.54, 1.807) is 0 Å². The van der Waals surface area contributed by atoms with Gasteiger partial charge in [0.2, 0.25) is 0 Å². The highest BCUT2D eigenvalue weighted by Gasteiger charge is 2.45. The SMILES string of the molecule is CCN1CCC2(CC1)CN(CC(C)(C)CC)C2. The van der Waals surface area contributed by atoms with Crippen molar-refractivity contribution in [1.29, 1.82) is 0 Å². The molecule has 0 aromatic heterocycles. The average molecular weight is 238 g/mol. The van der Waals surface area contributed by atoms with Crippen LogP contribution in [0.4, 0.5) is 0 Å². The van der Waals surface area contributed by atoms with Crippen LogP contribution in [0.2, 0.25) is 0 Å². The van der Waals surface area contributed by atoms with Crippen molar-refractivity contribution < 1.29 is 0 Å². The highest BCUT2D eigenvalue weighted by molar-refractivity contribution is 4.99. The van der Waals surface area contributed by atoms with Crippen LogP contribution in [0.15, 0.2) is 0 Å². The summed E-state index contributed by atoms with van der Waals surface area (Å²) in [7, 11) is 0. The van der Waals surface area contributed by atoms with Gasteiger partial charge in [0.25, 0.3) is 0 Å². The van der Waals surface area contributed by atoms with Crippen LogP contribution in [0.3, 0.4) is 0 Å². The van der Waals surface area contributed by atoms with Gasteiger partial charge in [0.1, 0.15) is 0 Å². The summed E-state index contributed by atoms with van der Waals surface area (Å²) in [4.78, 5) is 5.29. The summed E-state index contributed by atoms with van der Waals surface area (Å²) in [6, 6.07) is 0. The van der Waals surface area contributed by atoms with Crippen molar-refractivity contribution in [1.82, 2.24) is 9.80 Å². The van der Waals surface area contributed by atoms with Crippen molar-refractivity contribution in [3.63, 3.8) is 0 Å². The predicted molar refractivity (Wildman–Crippen MR) is 74.3 cm³/mol. The van der Waals surface area contributed by atoms with E-state index in [0.717, 1.165) is 0 Å². The second-order valence-electron chi connectivity index (χ2n) is 7.10. The van der Waals surface area contributed by atoms with Crippen molar-refractivity contribution in [2.24, 2.45) is 10.8 Å². The Morgan fingerprint density at radius 3 is 2.06 bits per heavy atom. The topological polar surface area (TPSA) is 6.48 Å². The summed E-state index contributed by atoms with van der Waals surface area (Å²) < 4.78 is 0. The Bertz CT molecular complexity index is 244. The molecule has 2 fully saturated rings. The third-order valence-electron chi connectivity index (χ3n) is 5.09. The predicted octanol–water partition coefficient (Wildman–Crippen LogP) is 2.84. The average Bonchev–Trinajstić information content (AvgIpc) is 2.28. The van der Waals surface area contributed by atoms with Crippen molar-refractivity contribution in [2.75, 3.05) is 39.3 Å². The molecular weight excluding hydrogens is 208 g/mol. The molecular formula is C15H30N2. The van der Waals surface area contributed by atoms with Crippen LogP contribution < -0.4 is 0 Å². The van der Waals surface area contributed by atoms with Crippen molar-refractivity contribution in [3.05, 3.63) is 0 Å². The summed E-state index contributed by atoms with van der Waals surface area (Å²) in [6.07, 6.45) is 4.16. The Morgan fingerprint density at radius 2 is 1.59 bits per heavy atom. The van der Waals surface area contributed by atoms with Crippen LogP contribution in [-0.2, 0) is 0 Å². The Kier molecular flexibility index (Phi) is 3.84. The zero-order valence-electron chi connectivity index (χ0n) is 12.3. The molecule has 2 saturated heterocycles. The van der Waals surface area contributed by atoms with Gasteiger partial charge in [-0.05, 0) is 49.7 Å². The molecule has 0 aromatic rings. The maximum absolute atomic E-state index is 2.69. The fraction of sp³-hybridized carbons (Fsp3) is 1.00. The molecule has 0 unspecified atom stereocenters. The van der Waals surface area contributed by atoms with Crippen molar-refractivity contribution in [2.45, 2.75) is 47.0 Å². The second-order valence-corrected chi connectivity index (χ2v) is 7.10. The monoisotopic (exact) mass is 238 g/mol. The molecule has 2 rings (SSSR count). The van der Waals surface area contributed by atoms with Gasteiger partial charge in [-0.25, -0.2) is 0 Å². The summed E-state index contributed by atoms with van der Waals surface area (Å²) in [5.74, 6) is 0. The third-order valence-corrected chi connectivity index (χ3v) is 5.09. The second kappa shape index (κ2) is 4.89. The molecule has 2 nitrogen and oxygen atoms in total. The van der Waals surface area contributed by atoms with Gasteiger partial charge >= 0.3 is 0 Å². The largest absolute Gasteiger partial charge is 0.304 e. The minimum absolute atomic E-state index is 0.506. The van der Waals surface area contributed by atoms with Gasteiger partial charge in [-0.1, -0.05) is 27.7 Å². The summed E-state index contributed by atoms with van der Waals surface area (Å²) in [6.45, 7) is 17.3. The third kappa shape index (κ3) is 3.03. The molecule has 2 aliphatic rings. The van der Waals surface area contributed by atoms with E-state index >= 15 is 0 Å². The lowest BCUT2D eigenvalue weighted by molar-refractivity contribution is -0.0610. The molecule has 0 radical (unpaired) electrons. The first kappa shape index (κ1) is 13.4. The van der Waals surface area contributed by atoms with E-state index in [4.69, 9.17) is 0 Å². The van der Waals surface area contributed by atoms with E-state index in [2.05, 4.69) is 37.5 Å². The standard InChI is InChI=1S/C15H30N2/c1-5-14(3,4)11-17-12-15(13-17)7-9-16(6-2)10-8-15/h5-13H2,1-4H3. The van der Waals surface area contributed by atoms with Crippen LogP contribution in [0.5, 0.6) is 0 Å². The minimum atomic E-state index is 0.506. The van der Waals surface area contributed by atoms with Gasteiger partial charge in [-0.3, -0.25) is 0 Å². The number of hydrogen-bond donors (Lipinski definition) is 0. The van der Waals surface area contributed by atoms with Crippen LogP contribution >= 0.6 is 0 Å². The first-order chi connectivity index (χ1) is 7.99. The molecule has 2 heteroatoms. The Hall–Kier alpha value is -0.0800. The number of likely N-dealkylation sites (tertiary alicyclic amines) is 2. The molecule has 0 N–H and O–H groups in total. The zero-order chi connectivity index (χ0) is 12.5. The highest BCUT2D eigenvalue weighted by Crippen LogP contribution is 2.41. The lowest BCUT2D eigenvalue weighted by Crippen LogP contribution is -2.61. The smallest absolute Gasteiger partial charge is 0.00517 e. The van der Waals surface area contributed by atoms with Crippen LogP contribution in [-0.4, -0.2) is 49.1 Å². The van der Waals surface area contributed by atoms with E-state index < -0.39 is 0 Å². The number of nitrogens with zero attached hydrogens (tertiary/aromatic N) is 2. The Morgan fingerprint density at radius 1 is 1.00 bits per heavy atom.